The minimum absolute atomic E-state index is 0.0420. The fourth-order valence-corrected chi connectivity index (χ4v) is 6.95. The Morgan fingerprint density at radius 3 is 1.83 bits per heavy atom. The summed E-state index contributed by atoms with van der Waals surface area (Å²) in [5.41, 5.74) is -10.1. The predicted molar refractivity (Wildman–Crippen MR) is 183 cm³/mol. The summed E-state index contributed by atoms with van der Waals surface area (Å²) in [6, 6.07) is 5.88. The van der Waals surface area contributed by atoms with Crippen LogP contribution in [0.1, 0.15) is 89.3 Å². The van der Waals surface area contributed by atoms with Crippen LogP contribution in [0.5, 0.6) is 0 Å². The summed E-state index contributed by atoms with van der Waals surface area (Å²) in [5.74, 6) is -5.63. The Morgan fingerprint density at radius 2 is 1.37 bits per heavy atom. The van der Waals surface area contributed by atoms with E-state index in [1.165, 1.54) is 46.0 Å². The van der Waals surface area contributed by atoms with Crippen LogP contribution in [0.15, 0.2) is 48.7 Å². The summed E-state index contributed by atoms with van der Waals surface area (Å²) >= 11 is 0. The van der Waals surface area contributed by atoms with Gasteiger partial charge in [-0.2, -0.15) is 26.3 Å². The number of aromatic nitrogens is 1. The first-order chi connectivity index (χ1) is 24.4. The predicted octanol–water partition coefficient (Wildman–Crippen LogP) is 8.90. The molecule has 0 bridgehead atoms. The maximum Gasteiger partial charge on any atom is 0.417 e. The van der Waals surface area contributed by atoms with Crippen LogP contribution < -0.4 is 4.90 Å². The molecule has 2 aromatic carbocycles. The number of rotatable bonds is 6. The van der Waals surface area contributed by atoms with Crippen molar-refractivity contribution in [2.24, 2.45) is 5.41 Å². The number of imide groups is 1. The van der Waals surface area contributed by atoms with Crippen molar-refractivity contribution in [1.82, 2.24) is 9.88 Å². The van der Waals surface area contributed by atoms with Gasteiger partial charge in [-0.1, -0.05) is 6.07 Å². The Bertz CT molecular complexity index is 2000. The van der Waals surface area contributed by atoms with Crippen LogP contribution in [0.3, 0.4) is 0 Å². The smallest absolute Gasteiger partial charge is 0.417 e. The van der Waals surface area contributed by atoms with E-state index in [0.717, 1.165) is 42.8 Å². The number of anilines is 1. The topological polar surface area (TPSA) is 117 Å². The van der Waals surface area contributed by atoms with E-state index in [9.17, 15) is 55.0 Å². The summed E-state index contributed by atoms with van der Waals surface area (Å²) < 4.78 is 102. The lowest BCUT2D eigenvalue weighted by atomic mass is 9.69. The number of aryl methyl sites for hydroxylation is 1. The molecule has 1 N–H and O–H groups in total. The molecule has 1 aliphatic rings. The van der Waals surface area contributed by atoms with Gasteiger partial charge in [0.2, 0.25) is 11.8 Å². The van der Waals surface area contributed by atoms with E-state index < -0.39 is 86.6 Å². The highest BCUT2D eigenvalue weighted by Gasteiger charge is 2.68. The van der Waals surface area contributed by atoms with Crippen molar-refractivity contribution < 1.29 is 59.8 Å². The van der Waals surface area contributed by atoms with Gasteiger partial charge in [0.05, 0.1) is 34.0 Å². The lowest BCUT2D eigenvalue weighted by Crippen LogP contribution is -2.49. The molecule has 0 radical (unpaired) electrons. The number of halogens is 7. The van der Waals surface area contributed by atoms with E-state index in [1.807, 2.05) is 0 Å². The van der Waals surface area contributed by atoms with E-state index in [0.29, 0.717) is 17.7 Å². The van der Waals surface area contributed by atoms with Crippen molar-refractivity contribution in [2.75, 3.05) is 11.9 Å². The Hall–Kier alpha value is -5.02. The first kappa shape index (κ1) is 41.7. The van der Waals surface area contributed by atoms with Crippen molar-refractivity contribution in [3.8, 4) is 11.1 Å². The summed E-state index contributed by atoms with van der Waals surface area (Å²) in [7, 11) is 1.22. The number of pyridine rings is 1. The van der Waals surface area contributed by atoms with Gasteiger partial charge in [0.25, 0.3) is 0 Å². The Labute approximate surface area is 307 Å². The van der Waals surface area contributed by atoms with Crippen LogP contribution >= 0.6 is 0 Å². The molecule has 9 nitrogen and oxygen atoms in total. The van der Waals surface area contributed by atoms with Crippen molar-refractivity contribution in [1.29, 1.82) is 0 Å². The number of hydrogen-bond donors (Lipinski definition) is 1. The van der Waals surface area contributed by atoms with Gasteiger partial charge in [0, 0.05) is 24.2 Å². The molecule has 3 aromatic rings. The number of likely N-dealkylation sites (tertiary alicyclic amines) is 1. The quantitative estimate of drug-likeness (QED) is 0.197. The van der Waals surface area contributed by atoms with Crippen LogP contribution in [-0.2, 0) is 36.9 Å². The van der Waals surface area contributed by atoms with Gasteiger partial charge in [0.1, 0.15) is 11.4 Å². The molecular weight excluding hydrogens is 727 g/mol. The largest absolute Gasteiger partial charge is 0.480 e. The first-order valence-electron chi connectivity index (χ1n) is 16.5. The van der Waals surface area contributed by atoms with E-state index >= 15 is 0 Å². The number of likely N-dealkylation sites (N-methyl/N-ethyl adjacent to an activating group) is 1. The number of alkyl halides is 6. The number of carboxylic acid groups (broad SMARTS) is 1. The molecule has 54 heavy (non-hydrogen) atoms. The number of ether oxygens (including phenoxy) is 1. The molecule has 2 heterocycles. The Morgan fingerprint density at radius 1 is 0.852 bits per heavy atom. The molecule has 1 aromatic heterocycles. The van der Waals surface area contributed by atoms with Gasteiger partial charge >= 0.3 is 24.4 Å². The second-order valence-corrected chi connectivity index (χ2v) is 15.6. The number of hydrogen-bond acceptors (Lipinski definition) is 6. The average molecular weight is 768 g/mol. The summed E-state index contributed by atoms with van der Waals surface area (Å²) in [4.78, 5) is 60.6. The van der Waals surface area contributed by atoms with Gasteiger partial charge in [-0.3, -0.25) is 19.4 Å². The van der Waals surface area contributed by atoms with Crippen molar-refractivity contribution in [3.05, 3.63) is 82.4 Å². The number of benzene rings is 2. The molecule has 1 fully saturated rings. The monoisotopic (exact) mass is 767 g/mol. The molecule has 0 aliphatic carbocycles. The highest BCUT2D eigenvalue weighted by atomic mass is 19.4. The van der Waals surface area contributed by atoms with Crippen molar-refractivity contribution in [2.45, 2.75) is 97.1 Å². The molecule has 2 atom stereocenters. The number of amides is 3. The van der Waals surface area contributed by atoms with E-state index in [-0.39, 0.29) is 28.6 Å². The lowest BCUT2D eigenvalue weighted by Gasteiger charge is -2.36. The summed E-state index contributed by atoms with van der Waals surface area (Å²) in [6.45, 7) is 12.6. The molecule has 0 saturated carbocycles. The van der Waals surface area contributed by atoms with E-state index in [2.05, 4.69) is 4.98 Å². The van der Waals surface area contributed by atoms with Crippen molar-refractivity contribution in [3.63, 3.8) is 0 Å². The van der Waals surface area contributed by atoms with Gasteiger partial charge < -0.3 is 14.7 Å². The van der Waals surface area contributed by atoms with Crippen LogP contribution in [0.2, 0.25) is 0 Å². The maximum absolute atomic E-state index is 14.3. The molecule has 3 amide bonds. The third-order valence-electron chi connectivity index (χ3n) is 9.72. The molecular formula is C38H40F7N3O6. The molecule has 2 unspecified atom stereocenters. The maximum atomic E-state index is 14.3. The van der Waals surface area contributed by atoms with Crippen LogP contribution in [-0.4, -0.2) is 57.1 Å². The molecule has 1 saturated heterocycles. The zero-order valence-electron chi connectivity index (χ0n) is 31.2. The highest BCUT2D eigenvalue weighted by Crippen LogP contribution is 2.54. The average Bonchev–Trinajstić information content (AvgIpc) is 3.18. The second-order valence-electron chi connectivity index (χ2n) is 15.6. The van der Waals surface area contributed by atoms with Gasteiger partial charge in [-0.25, -0.2) is 14.1 Å². The molecule has 4 rings (SSSR count). The third kappa shape index (κ3) is 7.38. The van der Waals surface area contributed by atoms with E-state index in [4.69, 9.17) is 4.74 Å². The minimum Gasteiger partial charge on any atom is -0.480 e. The van der Waals surface area contributed by atoms with Gasteiger partial charge in [-0.15, -0.1) is 0 Å². The van der Waals surface area contributed by atoms with Crippen LogP contribution in [0.4, 0.5) is 41.2 Å². The lowest BCUT2D eigenvalue weighted by molar-refractivity contribution is -0.155. The SMILES string of the molecule is Cc1cc(F)ccc1-c1cc(C2C(C)(C(=O)O)C(=O)N(C(=O)OC(C)(C)C)C2(C)C)ncc1N(C)C(=O)C(C)(C)c1cc(C(F)(F)F)cc(C(F)(F)F)c1. The number of nitrogens with zero attached hydrogens (tertiary/aromatic N) is 3. The standard InChI is InChI=1S/C38H40F7N3O6/c1-19-13-23(39)11-12-24(19)25-17-26(28-35(7,8)48(32(53)54-33(2,3)4)30(50)36(28,9)31(51)52)46-18-27(25)47(10)29(49)34(5,6)20-14-21(37(40,41)42)16-22(15-20)38(43,44)45/h11-18,28H,1-10H3,(H,51,52). The van der Waals surface area contributed by atoms with Gasteiger partial charge in [0.15, 0.2) is 5.41 Å². The molecule has 0 spiro atoms. The Balaban J connectivity index is 1.96. The second kappa shape index (κ2) is 13.4. The Kier molecular flexibility index (Phi) is 10.3. The van der Waals surface area contributed by atoms with Crippen molar-refractivity contribution >= 4 is 29.6 Å². The van der Waals surface area contributed by atoms with E-state index in [1.54, 1.807) is 20.8 Å². The fourth-order valence-electron chi connectivity index (χ4n) is 6.95. The highest BCUT2D eigenvalue weighted by molar-refractivity contribution is 6.11. The minimum atomic E-state index is -5.17. The number of carboxylic acids is 1. The normalized spacial score (nSPS) is 19.2. The zero-order valence-corrected chi connectivity index (χ0v) is 31.2. The number of aliphatic carboxylic acids is 1. The summed E-state index contributed by atoms with van der Waals surface area (Å²) in [6.07, 6.45) is -10.3. The molecule has 1 aliphatic heterocycles. The number of carbonyl (C=O) groups is 4. The van der Waals surface area contributed by atoms with Gasteiger partial charge in [-0.05, 0) is 115 Å². The zero-order chi connectivity index (χ0) is 41.3. The molecule has 16 heteroatoms. The van der Waals surface area contributed by atoms with Crippen LogP contribution in [0, 0.1) is 18.2 Å². The third-order valence-corrected chi connectivity index (χ3v) is 9.72. The first-order valence-corrected chi connectivity index (χ1v) is 16.5. The number of carbonyl (C=O) groups excluding carboxylic acids is 3. The molecule has 292 valence electrons. The summed E-state index contributed by atoms with van der Waals surface area (Å²) in [5, 5.41) is 10.5. The van der Waals surface area contributed by atoms with Crippen LogP contribution in [0.25, 0.3) is 11.1 Å². The fraction of sp³-hybridized carbons (Fsp3) is 0.447.